The molecule has 11 heteroatoms. The average Bonchev–Trinajstić information content (AvgIpc) is 3.49. The summed E-state index contributed by atoms with van der Waals surface area (Å²) >= 11 is 1.30. The Labute approximate surface area is 264 Å². The molecule has 0 radical (unpaired) electrons. The van der Waals surface area contributed by atoms with Crippen LogP contribution in [0.15, 0.2) is 75.5 Å². The molecule has 3 aliphatic heterocycles. The monoisotopic (exact) mass is 635 g/mol. The average molecular weight is 636 g/mol. The van der Waals surface area contributed by atoms with Crippen molar-refractivity contribution in [2.45, 2.75) is 37.8 Å². The number of benzene rings is 2. The van der Waals surface area contributed by atoms with Crippen LogP contribution in [0, 0.1) is 11.6 Å². The highest BCUT2D eigenvalue weighted by atomic mass is 32.2. The molecule has 0 aliphatic carbocycles. The number of carbonyl (C=O) groups is 1. The molecule has 1 unspecified atom stereocenters. The van der Waals surface area contributed by atoms with Crippen LogP contribution in [0.3, 0.4) is 0 Å². The van der Waals surface area contributed by atoms with Crippen molar-refractivity contribution in [2.75, 3.05) is 46.6 Å². The lowest BCUT2D eigenvalue weighted by Gasteiger charge is -2.43. The minimum Gasteiger partial charge on any atom is -0.483 e. The molecule has 8 nitrogen and oxygen atoms in total. The fraction of sp³-hybridized carbons (Fsp3) is 0.382. The van der Waals surface area contributed by atoms with Gasteiger partial charge in [0, 0.05) is 52.0 Å². The van der Waals surface area contributed by atoms with E-state index in [-0.39, 0.29) is 30.4 Å². The van der Waals surface area contributed by atoms with Gasteiger partial charge in [0.25, 0.3) is 5.91 Å². The Hall–Kier alpha value is -3.80. The number of aromatic nitrogens is 1. The Bertz CT molecular complexity index is 1690. The topological polar surface area (TPSA) is 82.4 Å². The summed E-state index contributed by atoms with van der Waals surface area (Å²) in [6.07, 6.45) is 6.11. The molecule has 0 N–H and O–H groups in total. The van der Waals surface area contributed by atoms with Crippen LogP contribution in [0.2, 0.25) is 0 Å². The number of fused-ring (bicyclic) bond motifs is 2. The zero-order chi connectivity index (χ0) is 31.4. The van der Waals surface area contributed by atoms with E-state index in [1.165, 1.54) is 23.9 Å². The van der Waals surface area contributed by atoms with Gasteiger partial charge < -0.3 is 23.7 Å². The van der Waals surface area contributed by atoms with Crippen molar-refractivity contribution in [1.82, 2.24) is 9.47 Å². The van der Waals surface area contributed by atoms with Gasteiger partial charge in [-0.2, -0.15) is 0 Å². The fourth-order valence-electron chi connectivity index (χ4n) is 5.96. The SMILES string of the molecule is COCCN1CC2(CCOC2)n2cc(/C3=N/CCC/C=C(\Cc4ccc(F)cc4F)S3)c(=O)c(OCc3ccccc3)c2C1=O. The molecule has 1 atom stereocenters. The summed E-state index contributed by atoms with van der Waals surface area (Å²) in [5.41, 5.74) is 0.660. The van der Waals surface area contributed by atoms with E-state index in [0.717, 1.165) is 29.4 Å². The van der Waals surface area contributed by atoms with Gasteiger partial charge in [-0.25, -0.2) is 8.78 Å². The van der Waals surface area contributed by atoms with Crippen molar-refractivity contribution in [3.8, 4) is 5.75 Å². The maximum absolute atomic E-state index is 14.6. The van der Waals surface area contributed by atoms with Gasteiger partial charge in [-0.1, -0.05) is 54.2 Å². The number of halogens is 2. The molecule has 0 bridgehead atoms. The van der Waals surface area contributed by atoms with E-state index in [0.29, 0.717) is 62.0 Å². The van der Waals surface area contributed by atoms with Crippen molar-refractivity contribution < 1.29 is 27.8 Å². The number of hydrogen-bond acceptors (Lipinski definition) is 7. The number of ether oxygens (including phenoxy) is 3. The Morgan fingerprint density at radius 2 is 1.98 bits per heavy atom. The van der Waals surface area contributed by atoms with Crippen LogP contribution in [-0.4, -0.2) is 67.0 Å². The highest BCUT2D eigenvalue weighted by Gasteiger charge is 2.47. The number of hydrogen-bond donors (Lipinski definition) is 0. The van der Waals surface area contributed by atoms with Crippen LogP contribution in [0.1, 0.15) is 46.4 Å². The van der Waals surface area contributed by atoms with Gasteiger partial charge in [0.1, 0.15) is 23.3 Å². The summed E-state index contributed by atoms with van der Waals surface area (Å²) in [5, 5.41) is 0.469. The second kappa shape index (κ2) is 13.7. The summed E-state index contributed by atoms with van der Waals surface area (Å²) in [6.45, 7) is 2.58. The molecule has 1 saturated heterocycles. The largest absolute Gasteiger partial charge is 0.483 e. The van der Waals surface area contributed by atoms with E-state index in [1.54, 1.807) is 18.2 Å². The number of pyridine rings is 1. The molecule has 2 aromatic carbocycles. The number of thioether (sulfide) groups is 1. The predicted octanol–water partition coefficient (Wildman–Crippen LogP) is 5.32. The fourth-order valence-corrected chi connectivity index (χ4v) is 7.05. The third-order valence-corrected chi connectivity index (χ3v) is 9.47. The van der Waals surface area contributed by atoms with Crippen LogP contribution >= 0.6 is 11.8 Å². The Morgan fingerprint density at radius 3 is 2.73 bits per heavy atom. The summed E-state index contributed by atoms with van der Waals surface area (Å²) in [7, 11) is 1.59. The van der Waals surface area contributed by atoms with Crippen LogP contribution in [0.5, 0.6) is 5.75 Å². The third-order valence-electron chi connectivity index (χ3n) is 8.35. The molecule has 6 rings (SSSR count). The lowest BCUT2D eigenvalue weighted by atomic mass is 9.92. The van der Waals surface area contributed by atoms with Crippen molar-refractivity contribution in [1.29, 1.82) is 0 Å². The second-order valence-corrected chi connectivity index (χ2v) is 12.6. The number of carbonyl (C=O) groups excluding carboxylic acids is 1. The normalized spacial score (nSPS) is 22.3. The predicted molar refractivity (Wildman–Crippen MR) is 169 cm³/mol. The summed E-state index contributed by atoms with van der Waals surface area (Å²) in [5.74, 6) is -1.60. The molecule has 3 aliphatic rings. The molecule has 1 fully saturated rings. The van der Waals surface area contributed by atoms with E-state index in [9.17, 15) is 18.4 Å². The molecule has 236 valence electrons. The zero-order valence-corrected chi connectivity index (χ0v) is 25.9. The number of amides is 1. The molecule has 4 heterocycles. The van der Waals surface area contributed by atoms with E-state index >= 15 is 0 Å². The third kappa shape index (κ3) is 6.61. The van der Waals surface area contributed by atoms with Gasteiger partial charge in [-0.05, 0) is 41.4 Å². The first-order valence-electron chi connectivity index (χ1n) is 15.1. The first-order chi connectivity index (χ1) is 21.9. The van der Waals surface area contributed by atoms with Crippen LogP contribution in [-0.2, 0) is 28.0 Å². The van der Waals surface area contributed by atoms with Crippen molar-refractivity contribution in [3.63, 3.8) is 0 Å². The summed E-state index contributed by atoms with van der Waals surface area (Å²) in [6, 6.07) is 13.0. The van der Waals surface area contributed by atoms with Gasteiger partial charge >= 0.3 is 0 Å². The lowest BCUT2D eigenvalue weighted by molar-refractivity contribution is 0.0422. The summed E-state index contributed by atoms with van der Waals surface area (Å²) in [4.78, 5) is 35.8. The van der Waals surface area contributed by atoms with E-state index in [2.05, 4.69) is 0 Å². The van der Waals surface area contributed by atoms with Crippen molar-refractivity contribution >= 4 is 22.7 Å². The van der Waals surface area contributed by atoms with Crippen molar-refractivity contribution in [3.05, 3.63) is 110 Å². The summed E-state index contributed by atoms with van der Waals surface area (Å²) < 4.78 is 47.5. The highest BCUT2D eigenvalue weighted by Crippen LogP contribution is 2.38. The number of methoxy groups -OCH3 is 1. The molecule has 1 spiro atoms. The van der Waals surface area contributed by atoms with Crippen LogP contribution < -0.4 is 10.2 Å². The smallest absolute Gasteiger partial charge is 0.274 e. The van der Waals surface area contributed by atoms with E-state index in [1.807, 2.05) is 41.0 Å². The zero-order valence-electron chi connectivity index (χ0n) is 25.1. The number of rotatable bonds is 9. The molecular weight excluding hydrogens is 600 g/mol. The van der Waals surface area contributed by atoms with E-state index in [4.69, 9.17) is 19.2 Å². The quantitative estimate of drug-likeness (QED) is 0.317. The standard InChI is InChI=1S/C34H35F2N3O5S/c1-42-16-14-38-21-34(12-15-43-22-34)39-19-27(30(40)31(29(39)33(38)41)44-20-23-7-3-2-4-8-23)32-37-13-6-5-9-26(45-32)17-24-10-11-25(35)18-28(24)36/h2-4,7-11,18-19H,5-6,12-17,20-22H2,1H3/b26-9+,37-32-. The number of aliphatic imine (C=N–C) groups is 1. The molecule has 1 aromatic heterocycles. The second-order valence-electron chi connectivity index (χ2n) is 11.5. The van der Waals surface area contributed by atoms with Gasteiger partial charge in [0.15, 0.2) is 11.4 Å². The van der Waals surface area contributed by atoms with Crippen molar-refractivity contribution in [2.24, 2.45) is 4.99 Å². The first-order valence-corrected chi connectivity index (χ1v) is 15.9. The minimum atomic E-state index is -0.636. The Kier molecular flexibility index (Phi) is 9.48. The Morgan fingerprint density at radius 1 is 1.13 bits per heavy atom. The van der Waals surface area contributed by atoms with Gasteiger partial charge in [-0.3, -0.25) is 14.6 Å². The Balaban J connectivity index is 1.45. The maximum atomic E-state index is 14.6. The minimum absolute atomic E-state index is 0.0322. The first kappa shape index (κ1) is 31.2. The van der Waals surface area contributed by atoms with Gasteiger partial charge in [0.2, 0.25) is 5.43 Å². The van der Waals surface area contributed by atoms with Gasteiger partial charge in [-0.15, -0.1) is 0 Å². The van der Waals surface area contributed by atoms with E-state index < -0.39 is 22.6 Å². The van der Waals surface area contributed by atoms with Crippen LogP contribution in [0.25, 0.3) is 0 Å². The number of nitrogens with zero attached hydrogens (tertiary/aromatic N) is 3. The molecule has 0 saturated carbocycles. The van der Waals surface area contributed by atoms with Crippen LogP contribution in [0.4, 0.5) is 8.78 Å². The highest BCUT2D eigenvalue weighted by molar-refractivity contribution is 8.17. The molecular formula is C34H35F2N3O5S. The lowest BCUT2D eigenvalue weighted by Crippen LogP contribution is -2.56. The maximum Gasteiger partial charge on any atom is 0.274 e. The number of allylic oxidation sites excluding steroid dienone is 2. The molecule has 1 amide bonds. The molecule has 3 aromatic rings. The molecule has 45 heavy (non-hydrogen) atoms. The van der Waals surface area contributed by atoms with Gasteiger partial charge in [0.05, 0.1) is 24.3 Å².